The van der Waals surface area contributed by atoms with Crippen LogP contribution < -0.4 is 10.6 Å². The Balaban J connectivity index is 1.94. The van der Waals surface area contributed by atoms with Crippen molar-refractivity contribution in [1.29, 1.82) is 0 Å². The van der Waals surface area contributed by atoms with Gasteiger partial charge in [-0.05, 0) is 31.0 Å². The van der Waals surface area contributed by atoms with Gasteiger partial charge in [0.05, 0.1) is 11.9 Å². The molecule has 1 unspecified atom stereocenters. The van der Waals surface area contributed by atoms with E-state index in [1.807, 2.05) is 6.92 Å². The number of nitrogens with one attached hydrogen (secondary N) is 2. The van der Waals surface area contributed by atoms with E-state index in [4.69, 9.17) is 11.6 Å². The highest BCUT2D eigenvalue weighted by molar-refractivity contribution is 6.31. The van der Waals surface area contributed by atoms with E-state index in [0.29, 0.717) is 11.4 Å². The van der Waals surface area contributed by atoms with E-state index in [2.05, 4.69) is 15.7 Å². The fourth-order valence-corrected chi connectivity index (χ4v) is 2.35. The normalized spacial score (nSPS) is 12.0. The van der Waals surface area contributed by atoms with Crippen molar-refractivity contribution in [2.75, 3.05) is 12.4 Å². The Morgan fingerprint density at radius 1 is 1.50 bits per heavy atom. The van der Waals surface area contributed by atoms with Crippen LogP contribution in [0, 0.1) is 5.82 Å². The van der Waals surface area contributed by atoms with Crippen LogP contribution in [0.15, 0.2) is 30.6 Å². The van der Waals surface area contributed by atoms with E-state index in [1.165, 1.54) is 12.1 Å². The number of halogens is 2. The molecule has 0 radical (unpaired) electrons. The lowest BCUT2D eigenvalue weighted by atomic mass is 10.1. The minimum absolute atomic E-state index is 0.0839. The molecular formula is C15H18ClFN4O. The molecule has 5 nitrogen and oxygen atoms in total. The van der Waals surface area contributed by atoms with Gasteiger partial charge in [-0.15, -0.1) is 0 Å². The Hall–Kier alpha value is -2.08. The highest BCUT2D eigenvalue weighted by atomic mass is 35.5. The number of hydrogen-bond acceptors (Lipinski definition) is 3. The molecule has 0 spiro atoms. The predicted molar refractivity (Wildman–Crippen MR) is 84.5 cm³/mol. The molecule has 0 aliphatic heterocycles. The first kappa shape index (κ1) is 16.3. The fourth-order valence-electron chi connectivity index (χ4n) is 2.10. The third kappa shape index (κ3) is 4.46. The van der Waals surface area contributed by atoms with Crippen molar-refractivity contribution in [1.82, 2.24) is 15.1 Å². The summed E-state index contributed by atoms with van der Waals surface area (Å²) >= 11 is 6.03. The quantitative estimate of drug-likeness (QED) is 0.858. The predicted octanol–water partition coefficient (Wildman–Crippen LogP) is 2.46. The summed E-state index contributed by atoms with van der Waals surface area (Å²) in [6, 6.07) is 4.48. The number of benzene rings is 1. The molecule has 2 rings (SSSR count). The van der Waals surface area contributed by atoms with Crippen LogP contribution in [0.5, 0.6) is 0 Å². The molecule has 1 heterocycles. The molecule has 0 fully saturated rings. The monoisotopic (exact) mass is 324 g/mol. The van der Waals surface area contributed by atoms with Crippen LogP contribution in [0.1, 0.15) is 12.5 Å². The van der Waals surface area contributed by atoms with Crippen LogP contribution in [-0.4, -0.2) is 28.8 Å². The fraction of sp³-hybridized carbons (Fsp3) is 0.333. The molecular weight excluding hydrogens is 307 g/mol. The summed E-state index contributed by atoms with van der Waals surface area (Å²) in [6.07, 6.45) is 4.07. The van der Waals surface area contributed by atoms with Gasteiger partial charge in [0.2, 0.25) is 5.91 Å². The first-order chi connectivity index (χ1) is 10.5. The van der Waals surface area contributed by atoms with Crippen LogP contribution in [0.2, 0.25) is 5.02 Å². The van der Waals surface area contributed by atoms with Gasteiger partial charge in [0.1, 0.15) is 12.4 Å². The number of rotatable bonds is 6. The minimum Gasteiger partial charge on any atom is -0.380 e. The summed E-state index contributed by atoms with van der Waals surface area (Å²) in [5, 5.41) is 10.3. The zero-order valence-corrected chi connectivity index (χ0v) is 13.2. The van der Waals surface area contributed by atoms with E-state index < -0.39 is 0 Å². The Morgan fingerprint density at radius 3 is 2.95 bits per heavy atom. The van der Waals surface area contributed by atoms with Gasteiger partial charge in [-0.3, -0.25) is 9.48 Å². The van der Waals surface area contributed by atoms with Crippen LogP contribution in [0.25, 0.3) is 0 Å². The maximum atomic E-state index is 13.0. The molecule has 1 amide bonds. The van der Waals surface area contributed by atoms with Gasteiger partial charge in [0.25, 0.3) is 0 Å². The minimum atomic E-state index is -0.343. The molecule has 0 bridgehead atoms. The number of hydrogen-bond donors (Lipinski definition) is 2. The third-order valence-corrected chi connectivity index (χ3v) is 3.52. The molecule has 2 N–H and O–H groups in total. The Labute approximate surface area is 133 Å². The second kappa shape index (κ2) is 7.26. The van der Waals surface area contributed by atoms with E-state index in [-0.39, 0.29) is 24.3 Å². The van der Waals surface area contributed by atoms with Crippen molar-refractivity contribution in [2.45, 2.75) is 25.9 Å². The highest BCUT2D eigenvalue weighted by Gasteiger charge is 2.09. The first-order valence-electron chi connectivity index (χ1n) is 6.91. The maximum absolute atomic E-state index is 13.0. The summed E-state index contributed by atoms with van der Waals surface area (Å²) in [5.74, 6) is -0.453. The Kier molecular flexibility index (Phi) is 5.38. The van der Waals surface area contributed by atoms with Crippen molar-refractivity contribution < 1.29 is 9.18 Å². The standard InChI is InChI=1S/C15H18ClFN4O/c1-10(5-11-3-4-12(17)6-14(11)16)20-13-7-19-21(8-13)9-15(22)18-2/h3-4,6-8,10,20H,5,9H2,1-2H3,(H,18,22). The van der Waals surface area contributed by atoms with Crippen molar-refractivity contribution >= 4 is 23.2 Å². The lowest BCUT2D eigenvalue weighted by molar-refractivity contribution is -0.121. The summed E-state index contributed by atoms with van der Waals surface area (Å²) < 4.78 is 14.6. The lowest BCUT2D eigenvalue weighted by Gasteiger charge is -2.14. The van der Waals surface area contributed by atoms with E-state index in [0.717, 1.165) is 11.3 Å². The van der Waals surface area contributed by atoms with E-state index in [9.17, 15) is 9.18 Å². The topological polar surface area (TPSA) is 59.0 Å². The van der Waals surface area contributed by atoms with Gasteiger partial charge >= 0.3 is 0 Å². The largest absolute Gasteiger partial charge is 0.380 e. The SMILES string of the molecule is CNC(=O)Cn1cc(NC(C)Cc2ccc(F)cc2Cl)cn1. The number of carbonyl (C=O) groups is 1. The zero-order chi connectivity index (χ0) is 16.1. The molecule has 0 saturated carbocycles. The molecule has 2 aromatic rings. The molecule has 0 aliphatic rings. The molecule has 1 atom stereocenters. The van der Waals surface area contributed by atoms with Gasteiger partial charge in [-0.1, -0.05) is 17.7 Å². The molecule has 7 heteroatoms. The molecule has 1 aromatic heterocycles. The van der Waals surface area contributed by atoms with Gasteiger partial charge in [-0.25, -0.2) is 4.39 Å². The Bertz CT molecular complexity index is 659. The van der Waals surface area contributed by atoms with Crippen molar-refractivity contribution in [3.63, 3.8) is 0 Å². The number of nitrogens with zero attached hydrogens (tertiary/aromatic N) is 2. The summed E-state index contributed by atoms with van der Waals surface area (Å²) in [4.78, 5) is 11.3. The number of carbonyl (C=O) groups excluding carboxylic acids is 1. The lowest BCUT2D eigenvalue weighted by Crippen LogP contribution is -2.23. The summed E-state index contributed by atoms with van der Waals surface area (Å²) in [5.41, 5.74) is 1.69. The second-order valence-electron chi connectivity index (χ2n) is 5.09. The smallest absolute Gasteiger partial charge is 0.241 e. The van der Waals surface area contributed by atoms with Crippen LogP contribution in [-0.2, 0) is 17.8 Å². The molecule has 22 heavy (non-hydrogen) atoms. The Morgan fingerprint density at radius 2 is 2.27 bits per heavy atom. The van der Waals surface area contributed by atoms with Gasteiger partial charge in [0, 0.05) is 24.3 Å². The van der Waals surface area contributed by atoms with Crippen LogP contribution >= 0.6 is 11.6 Å². The number of amides is 1. The first-order valence-corrected chi connectivity index (χ1v) is 7.29. The van der Waals surface area contributed by atoms with E-state index >= 15 is 0 Å². The molecule has 0 saturated heterocycles. The average Bonchev–Trinajstić information content (AvgIpc) is 2.88. The molecule has 1 aromatic carbocycles. The van der Waals surface area contributed by atoms with E-state index in [1.54, 1.807) is 30.2 Å². The summed E-state index contributed by atoms with van der Waals surface area (Å²) in [7, 11) is 1.58. The van der Waals surface area contributed by atoms with Crippen molar-refractivity contribution in [2.24, 2.45) is 0 Å². The third-order valence-electron chi connectivity index (χ3n) is 3.17. The van der Waals surface area contributed by atoms with Crippen LogP contribution in [0.3, 0.4) is 0 Å². The van der Waals surface area contributed by atoms with Gasteiger partial charge in [0.15, 0.2) is 0 Å². The van der Waals surface area contributed by atoms with Crippen molar-refractivity contribution in [3.8, 4) is 0 Å². The maximum Gasteiger partial charge on any atom is 0.241 e. The number of aromatic nitrogens is 2. The van der Waals surface area contributed by atoms with Gasteiger partial charge < -0.3 is 10.6 Å². The molecule has 118 valence electrons. The number of anilines is 1. The average molecular weight is 325 g/mol. The summed E-state index contributed by atoms with van der Waals surface area (Å²) in [6.45, 7) is 2.17. The van der Waals surface area contributed by atoms with Crippen LogP contribution in [0.4, 0.5) is 10.1 Å². The zero-order valence-electron chi connectivity index (χ0n) is 12.4. The molecule has 0 aliphatic carbocycles. The second-order valence-corrected chi connectivity index (χ2v) is 5.49. The number of likely N-dealkylation sites (N-methyl/N-ethyl adjacent to an activating group) is 1. The van der Waals surface area contributed by atoms with Crippen molar-refractivity contribution in [3.05, 3.63) is 47.0 Å². The van der Waals surface area contributed by atoms with Gasteiger partial charge in [-0.2, -0.15) is 5.10 Å². The highest BCUT2D eigenvalue weighted by Crippen LogP contribution is 2.20.